The number of rotatable bonds is 5. The Bertz CT molecular complexity index is 324. The van der Waals surface area contributed by atoms with Gasteiger partial charge in [-0.2, -0.15) is 0 Å². The van der Waals surface area contributed by atoms with Crippen molar-refractivity contribution in [2.24, 2.45) is 5.92 Å². The van der Waals surface area contributed by atoms with Gasteiger partial charge < -0.3 is 5.32 Å². The molecule has 0 amide bonds. The molecular weight excluding hydrogens is 218 g/mol. The molecule has 1 aliphatic rings. The SMILES string of the molecule is CCNCC1CCN(Cc2nc(C)cs2)C1. The Kier molecular flexibility index (Phi) is 4.32. The second-order valence-corrected chi connectivity index (χ2v) is 5.52. The van der Waals surface area contributed by atoms with E-state index in [4.69, 9.17) is 0 Å². The molecule has 1 aliphatic heterocycles. The molecule has 0 aromatic carbocycles. The van der Waals surface area contributed by atoms with Crippen molar-refractivity contribution >= 4 is 11.3 Å². The maximum Gasteiger partial charge on any atom is 0.107 e. The maximum absolute atomic E-state index is 4.52. The fourth-order valence-corrected chi connectivity index (χ4v) is 3.05. The molecule has 1 aromatic rings. The molecule has 1 aromatic heterocycles. The largest absolute Gasteiger partial charge is 0.317 e. The number of likely N-dealkylation sites (tertiary alicyclic amines) is 1. The molecule has 2 rings (SSSR count). The molecule has 16 heavy (non-hydrogen) atoms. The molecule has 0 spiro atoms. The molecule has 0 radical (unpaired) electrons. The van der Waals surface area contributed by atoms with E-state index in [0.717, 1.165) is 24.7 Å². The van der Waals surface area contributed by atoms with Crippen LogP contribution in [0.4, 0.5) is 0 Å². The van der Waals surface area contributed by atoms with E-state index in [1.54, 1.807) is 11.3 Å². The summed E-state index contributed by atoms with van der Waals surface area (Å²) in [4.78, 5) is 7.05. The molecule has 0 aliphatic carbocycles. The first kappa shape index (κ1) is 12.0. The van der Waals surface area contributed by atoms with Crippen molar-refractivity contribution in [3.63, 3.8) is 0 Å². The number of nitrogens with one attached hydrogen (secondary N) is 1. The van der Waals surface area contributed by atoms with Gasteiger partial charge in [0.25, 0.3) is 0 Å². The van der Waals surface area contributed by atoms with E-state index >= 15 is 0 Å². The summed E-state index contributed by atoms with van der Waals surface area (Å²) < 4.78 is 0. The molecule has 90 valence electrons. The van der Waals surface area contributed by atoms with Crippen LogP contribution in [0, 0.1) is 12.8 Å². The predicted octanol–water partition coefficient (Wildman–Crippen LogP) is 1.88. The van der Waals surface area contributed by atoms with Gasteiger partial charge in [0.2, 0.25) is 0 Å². The molecule has 1 atom stereocenters. The molecule has 1 fully saturated rings. The van der Waals surface area contributed by atoms with Gasteiger partial charge >= 0.3 is 0 Å². The van der Waals surface area contributed by atoms with Crippen LogP contribution in [0.25, 0.3) is 0 Å². The smallest absolute Gasteiger partial charge is 0.107 e. The lowest BCUT2D eigenvalue weighted by atomic mass is 10.1. The van der Waals surface area contributed by atoms with Gasteiger partial charge in [-0.15, -0.1) is 11.3 Å². The molecule has 0 bridgehead atoms. The van der Waals surface area contributed by atoms with Gasteiger partial charge in [0.1, 0.15) is 5.01 Å². The number of hydrogen-bond acceptors (Lipinski definition) is 4. The summed E-state index contributed by atoms with van der Waals surface area (Å²) in [5, 5.41) is 6.84. The Morgan fingerprint density at radius 2 is 2.50 bits per heavy atom. The summed E-state index contributed by atoms with van der Waals surface area (Å²) in [7, 11) is 0. The molecule has 4 heteroatoms. The van der Waals surface area contributed by atoms with Crippen LogP contribution in [0.2, 0.25) is 0 Å². The topological polar surface area (TPSA) is 28.2 Å². The van der Waals surface area contributed by atoms with Crippen molar-refractivity contribution in [1.29, 1.82) is 0 Å². The van der Waals surface area contributed by atoms with Crippen molar-refractivity contribution < 1.29 is 0 Å². The Hall–Kier alpha value is -0.450. The minimum atomic E-state index is 0.834. The lowest BCUT2D eigenvalue weighted by molar-refractivity contribution is 0.314. The summed E-state index contributed by atoms with van der Waals surface area (Å²) in [5.74, 6) is 0.834. The summed E-state index contributed by atoms with van der Waals surface area (Å²) in [6.07, 6.45) is 1.33. The van der Waals surface area contributed by atoms with E-state index in [0.29, 0.717) is 0 Å². The van der Waals surface area contributed by atoms with Gasteiger partial charge in [0.05, 0.1) is 6.54 Å². The van der Waals surface area contributed by atoms with E-state index in [2.05, 4.69) is 34.4 Å². The Labute approximate surface area is 102 Å². The fourth-order valence-electron chi connectivity index (χ4n) is 2.24. The summed E-state index contributed by atoms with van der Waals surface area (Å²) in [6.45, 7) is 10.00. The highest BCUT2D eigenvalue weighted by Crippen LogP contribution is 2.19. The van der Waals surface area contributed by atoms with Gasteiger partial charge in [-0.25, -0.2) is 4.98 Å². The standard InChI is InChI=1S/C12H21N3S/c1-3-13-6-11-4-5-15(7-11)8-12-14-10(2)9-16-12/h9,11,13H,3-8H2,1-2H3. The van der Waals surface area contributed by atoms with Gasteiger partial charge in [0, 0.05) is 17.6 Å². The average Bonchev–Trinajstić information content (AvgIpc) is 2.86. The third kappa shape index (κ3) is 3.27. The number of nitrogens with zero attached hydrogens (tertiary/aromatic N) is 2. The first-order valence-corrected chi connectivity index (χ1v) is 7.00. The summed E-state index contributed by atoms with van der Waals surface area (Å²) in [6, 6.07) is 0. The molecule has 1 saturated heterocycles. The van der Waals surface area contributed by atoms with Crippen LogP contribution in [0.5, 0.6) is 0 Å². The predicted molar refractivity (Wildman–Crippen MR) is 68.8 cm³/mol. The lowest BCUT2D eigenvalue weighted by Crippen LogP contribution is -2.26. The quantitative estimate of drug-likeness (QED) is 0.850. The van der Waals surface area contributed by atoms with Crippen molar-refractivity contribution in [3.8, 4) is 0 Å². The maximum atomic E-state index is 4.52. The third-order valence-corrected chi connectivity index (χ3v) is 4.03. The lowest BCUT2D eigenvalue weighted by Gasteiger charge is -2.14. The first-order valence-electron chi connectivity index (χ1n) is 6.12. The molecule has 1 unspecified atom stereocenters. The molecule has 3 nitrogen and oxygen atoms in total. The Morgan fingerprint density at radius 3 is 3.19 bits per heavy atom. The zero-order valence-corrected chi connectivity index (χ0v) is 11.0. The van der Waals surface area contributed by atoms with Gasteiger partial charge in [-0.05, 0) is 38.9 Å². The summed E-state index contributed by atoms with van der Waals surface area (Å²) in [5.41, 5.74) is 1.16. The molecule has 1 N–H and O–H groups in total. The van der Waals surface area contributed by atoms with Crippen molar-refractivity contribution in [2.75, 3.05) is 26.2 Å². The zero-order chi connectivity index (χ0) is 11.4. The molecular formula is C12H21N3S. The number of hydrogen-bond donors (Lipinski definition) is 1. The van der Waals surface area contributed by atoms with E-state index in [1.165, 1.54) is 31.1 Å². The number of aromatic nitrogens is 1. The first-order chi connectivity index (χ1) is 7.78. The minimum absolute atomic E-state index is 0.834. The average molecular weight is 239 g/mol. The van der Waals surface area contributed by atoms with Crippen LogP contribution in [-0.4, -0.2) is 36.1 Å². The van der Waals surface area contributed by atoms with Crippen LogP contribution in [0.3, 0.4) is 0 Å². The monoisotopic (exact) mass is 239 g/mol. The van der Waals surface area contributed by atoms with Crippen molar-refractivity contribution in [2.45, 2.75) is 26.8 Å². The van der Waals surface area contributed by atoms with Gasteiger partial charge in [-0.3, -0.25) is 4.90 Å². The number of aryl methyl sites for hydroxylation is 1. The zero-order valence-electron chi connectivity index (χ0n) is 10.2. The van der Waals surface area contributed by atoms with Crippen LogP contribution >= 0.6 is 11.3 Å². The highest BCUT2D eigenvalue weighted by Gasteiger charge is 2.22. The Balaban J connectivity index is 1.76. The second kappa shape index (κ2) is 5.75. The minimum Gasteiger partial charge on any atom is -0.317 e. The van der Waals surface area contributed by atoms with E-state index in [-0.39, 0.29) is 0 Å². The summed E-state index contributed by atoms with van der Waals surface area (Å²) >= 11 is 1.79. The van der Waals surface area contributed by atoms with E-state index in [9.17, 15) is 0 Å². The van der Waals surface area contributed by atoms with Crippen LogP contribution in [0.1, 0.15) is 24.0 Å². The second-order valence-electron chi connectivity index (χ2n) is 4.58. The van der Waals surface area contributed by atoms with Crippen molar-refractivity contribution in [3.05, 3.63) is 16.1 Å². The van der Waals surface area contributed by atoms with Crippen molar-refractivity contribution in [1.82, 2.24) is 15.2 Å². The fraction of sp³-hybridized carbons (Fsp3) is 0.750. The highest BCUT2D eigenvalue weighted by atomic mass is 32.1. The van der Waals surface area contributed by atoms with Gasteiger partial charge in [-0.1, -0.05) is 6.92 Å². The normalized spacial score (nSPS) is 21.8. The van der Waals surface area contributed by atoms with Crippen LogP contribution in [0.15, 0.2) is 5.38 Å². The van der Waals surface area contributed by atoms with E-state index in [1.807, 2.05) is 0 Å². The molecule has 0 saturated carbocycles. The van der Waals surface area contributed by atoms with Crippen LogP contribution in [-0.2, 0) is 6.54 Å². The van der Waals surface area contributed by atoms with Crippen LogP contribution < -0.4 is 5.32 Å². The highest BCUT2D eigenvalue weighted by molar-refractivity contribution is 7.09. The van der Waals surface area contributed by atoms with Gasteiger partial charge in [0.15, 0.2) is 0 Å². The Morgan fingerprint density at radius 1 is 1.62 bits per heavy atom. The van der Waals surface area contributed by atoms with E-state index < -0.39 is 0 Å². The third-order valence-electron chi connectivity index (χ3n) is 3.08. The number of thiazole rings is 1. The molecule has 2 heterocycles.